The Hall–Kier alpha value is -1.60. The Morgan fingerprint density at radius 3 is 2.56 bits per heavy atom. The van der Waals surface area contributed by atoms with Crippen molar-refractivity contribution >= 4 is 69.8 Å². The third-order valence-electron chi connectivity index (χ3n) is 3.41. The SMILES string of the molecule is O=C(CC1Sc2ccccc2NC1=O)NNc1c(Cl)cc(Cl)cc1Cl. The predicted octanol–water partition coefficient (Wildman–Crippen LogP) is 4.59. The Morgan fingerprint density at radius 2 is 1.84 bits per heavy atom. The quantitative estimate of drug-likeness (QED) is 0.637. The van der Waals surface area contributed by atoms with Crippen molar-refractivity contribution in [2.45, 2.75) is 16.6 Å². The standard InChI is InChI=1S/C16H12Cl3N3O2S/c17-8-5-9(18)15(10(19)6-8)22-21-14(23)7-13-16(24)20-11-3-1-2-4-12(11)25-13/h1-6,13,22H,7H2,(H,20,24)(H,21,23). The average Bonchev–Trinajstić information content (AvgIpc) is 2.54. The fourth-order valence-electron chi connectivity index (χ4n) is 2.24. The molecule has 0 bridgehead atoms. The van der Waals surface area contributed by atoms with Crippen LogP contribution in [0, 0.1) is 0 Å². The van der Waals surface area contributed by atoms with E-state index in [0.717, 1.165) is 10.6 Å². The maximum Gasteiger partial charge on any atom is 0.239 e. The second-order valence-electron chi connectivity index (χ2n) is 5.21. The molecule has 5 nitrogen and oxygen atoms in total. The number of carbonyl (C=O) groups is 2. The fourth-order valence-corrected chi connectivity index (χ4v) is 4.26. The van der Waals surface area contributed by atoms with Gasteiger partial charge in [0, 0.05) is 16.3 Å². The summed E-state index contributed by atoms with van der Waals surface area (Å²) in [4.78, 5) is 25.2. The van der Waals surface area contributed by atoms with Crippen molar-refractivity contribution < 1.29 is 9.59 Å². The molecule has 0 saturated heterocycles. The Morgan fingerprint density at radius 1 is 1.16 bits per heavy atom. The van der Waals surface area contributed by atoms with Gasteiger partial charge in [0.15, 0.2) is 0 Å². The van der Waals surface area contributed by atoms with Crippen LogP contribution < -0.4 is 16.2 Å². The van der Waals surface area contributed by atoms with Gasteiger partial charge in [0.1, 0.15) is 0 Å². The van der Waals surface area contributed by atoms with Crippen molar-refractivity contribution in [1.82, 2.24) is 5.43 Å². The fraction of sp³-hybridized carbons (Fsp3) is 0.125. The second-order valence-corrected chi connectivity index (χ2v) is 7.71. The molecule has 0 radical (unpaired) electrons. The van der Waals surface area contributed by atoms with E-state index in [1.165, 1.54) is 23.9 Å². The van der Waals surface area contributed by atoms with Crippen LogP contribution >= 0.6 is 46.6 Å². The Bertz CT molecular complexity index is 824. The molecule has 2 aromatic carbocycles. The highest BCUT2D eigenvalue weighted by molar-refractivity contribution is 8.01. The van der Waals surface area contributed by atoms with Gasteiger partial charge in [0.05, 0.1) is 26.7 Å². The number of amides is 2. The van der Waals surface area contributed by atoms with Crippen LogP contribution in [0.1, 0.15) is 6.42 Å². The number of carbonyl (C=O) groups excluding carboxylic acids is 2. The van der Waals surface area contributed by atoms with E-state index in [1.807, 2.05) is 24.3 Å². The number of nitrogens with one attached hydrogen (secondary N) is 3. The highest BCUT2D eigenvalue weighted by atomic mass is 35.5. The van der Waals surface area contributed by atoms with E-state index in [1.54, 1.807) is 0 Å². The van der Waals surface area contributed by atoms with Gasteiger partial charge in [0.25, 0.3) is 0 Å². The second kappa shape index (κ2) is 7.74. The number of benzene rings is 2. The van der Waals surface area contributed by atoms with Crippen molar-refractivity contribution in [3.8, 4) is 0 Å². The van der Waals surface area contributed by atoms with Crippen LogP contribution in [0.5, 0.6) is 0 Å². The van der Waals surface area contributed by atoms with E-state index in [2.05, 4.69) is 16.2 Å². The minimum Gasteiger partial charge on any atom is -0.324 e. The number of thioether (sulfide) groups is 1. The molecule has 1 unspecified atom stereocenters. The number of hydrogen-bond donors (Lipinski definition) is 3. The van der Waals surface area contributed by atoms with E-state index >= 15 is 0 Å². The summed E-state index contributed by atoms with van der Waals surface area (Å²) in [6.45, 7) is 0. The molecule has 3 N–H and O–H groups in total. The Balaban J connectivity index is 1.61. The third-order valence-corrected chi connectivity index (χ3v) is 5.50. The van der Waals surface area contributed by atoms with Crippen molar-refractivity contribution in [3.63, 3.8) is 0 Å². The first-order chi connectivity index (χ1) is 11.9. The van der Waals surface area contributed by atoms with E-state index in [9.17, 15) is 9.59 Å². The molecule has 130 valence electrons. The topological polar surface area (TPSA) is 70.2 Å². The lowest BCUT2D eigenvalue weighted by molar-refractivity contribution is -0.123. The van der Waals surface area contributed by atoms with E-state index in [4.69, 9.17) is 34.8 Å². The lowest BCUT2D eigenvalue weighted by Crippen LogP contribution is -2.37. The number of hydrazine groups is 1. The third kappa shape index (κ3) is 4.33. The minimum atomic E-state index is -0.520. The molecule has 9 heteroatoms. The van der Waals surface area contributed by atoms with Gasteiger partial charge in [-0.05, 0) is 24.3 Å². The number of fused-ring (bicyclic) bond motifs is 1. The van der Waals surface area contributed by atoms with Crippen LogP contribution in [0.25, 0.3) is 0 Å². The monoisotopic (exact) mass is 415 g/mol. The van der Waals surface area contributed by atoms with E-state index < -0.39 is 5.25 Å². The molecular formula is C16H12Cl3N3O2S. The zero-order valence-electron chi connectivity index (χ0n) is 12.6. The summed E-state index contributed by atoms with van der Waals surface area (Å²) in [6.07, 6.45) is 0.000657. The number of hydrogen-bond acceptors (Lipinski definition) is 4. The lowest BCUT2D eigenvalue weighted by Gasteiger charge is -2.23. The van der Waals surface area contributed by atoms with Crippen molar-refractivity contribution in [3.05, 3.63) is 51.5 Å². The van der Waals surface area contributed by atoms with E-state index in [0.29, 0.717) is 10.7 Å². The molecule has 0 saturated carbocycles. The summed E-state index contributed by atoms with van der Waals surface area (Å²) >= 11 is 19.3. The lowest BCUT2D eigenvalue weighted by atomic mass is 10.2. The van der Waals surface area contributed by atoms with Gasteiger partial charge in [-0.2, -0.15) is 0 Å². The summed E-state index contributed by atoms with van der Waals surface area (Å²) in [5, 5.41) is 3.21. The molecule has 2 amide bonds. The Kier molecular flexibility index (Phi) is 5.64. The molecule has 1 aliphatic heterocycles. The van der Waals surface area contributed by atoms with Gasteiger partial charge < -0.3 is 5.32 Å². The van der Waals surface area contributed by atoms with Gasteiger partial charge in [-0.25, -0.2) is 0 Å². The predicted molar refractivity (Wildman–Crippen MR) is 103 cm³/mol. The van der Waals surface area contributed by atoms with Gasteiger partial charge in [-0.15, -0.1) is 11.8 Å². The Labute approximate surface area is 163 Å². The van der Waals surface area contributed by atoms with Crippen LogP contribution in [-0.4, -0.2) is 17.1 Å². The zero-order valence-corrected chi connectivity index (χ0v) is 15.7. The van der Waals surface area contributed by atoms with Gasteiger partial charge >= 0.3 is 0 Å². The van der Waals surface area contributed by atoms with Crippen LogP contribution in [0.3, 0.4) is 0 Å². The summed E-state index contributed by atoms with van der Waals surface area (Å²) in [5.74, 6) is -0.574. The first-order valence-corrected chi connectivity index (χ1v) is 9.21. The molecule has 0 fully saturated rings. The first-order valence-electron chi connectivity index (χ1n) is 7.20. The molecular weight excluding hydrogens is 405 g/mol. The zero-order chi connectivity index (χ0) is 18.0. The number of rotatable bonds is 4. The molecule has 2 aromatic rings. The number of para-hydroxylation sites is 1. The molecule has 25 heavy (non-hydrogen) atoms. The molecule has 0 spiro atoms. The maximum atomic E-state index is 12.2. The van der Waals surface area contributed by atoms with Crippen molar-refractivity contribution in [2.75, 3.05) is 10.7 Å². The van der Waals surface area contributed by atoms with Crippen molar-refractivity contribution in [1.29, 1.82) is 0 Å². The molecule has 0 aliphatic carbocycles. The smallest absolute Gasteiger partial charge is 0.239 e. The molecule has 1 heterocycles. The van der Waals surface area contributed by atoms with Crippen molar-refractivity contribution in [2.24, 2.45) is 0 Å². The average molecular weight is 417 g/mol. The number of halogens is 3. The molecule has 3 rings (SSSR count). The van der Waals surface area contributed by atoms with Crippen LogP contribution in [0.4, 0.5) is 11.4 Å². The summed E-state index contributed by atoms with van der Waals surface area (Å²) in [5.41, 5.74) is 6.26. The summed E-state index contributed by atoms with van der Waals surface area (Å²) < 4.78 is 0. The molecule has 1 aliphatic rings. The van der Waals surface area contributed by atoms with Gasteiger partial charge in [-0.1, -0.05) is 46.9 Å². The molecule has 1 atom stereocenters. The largest absolute Gasteiger partial charge is 0.324 e. The van der Waals surface area contributed by atoms with Gasteiger partial charge in [-0.3, -0.25) is 20.4 Å². The highest BCUT2D eigenvalue weighted by Gasteiger charge is 2.28. The normalized spacial score (nSPS) is 16.0. The maximum absolute atomic E-state index is 12.2. The van der Waals surface area contributed by atoms with Crippen LogP contribution in [0.2, 0.25) is 15.1 Å². The number of anilines is 2. The van der Waals surface area contributed by atoms with Crippen LogP contribution in [0.15, 0.2) is 41.3 Å². The van der Waals surface area contributed by atoms with Crippen LogP contribution in [-0.2, 0) is 9.59 Å². The summed E-state index contributed by atoms with van der Waals surface area (Å²) in [7, 11) is 0. The first kappa shape index (κ1) is 18.2. The van der Waals surface area contributed by atoms with Gasteiger partial charge in [0.2, 0.25) is 11.8 Å². The van der Waals surface area contributed by atoms with E-state index in [-0.39, 0.29) is 28.3 Å². The molecule has 0 aromatic heterocycles. The highest BCUT2D eigenvalue weighted by Crippen LogP contribution is 2.37. The summed E-state index contributed by atoms with van der Waals surface area (Å²) in [6, 6.07) is 10.5. The minimum absolute atomic E-state index is 0.000657.